The maximum absolute atomic E-state index is 12.8. The minimum absolute atomic E-state index is 0.0863. The third-order valence-electron chi connectivity index (χ3n) is 5.27. The monoisotopic (exact) mass is 429 g/mol. The molecular weight excluding hydrogens is 402 g/mol. The molecule has 0 unspecified atom stereocenters. The van der Waals surface area contributed by atoms with Crippen LogP contribution in [0, 0.1) is 5.92 Å². The van der Waals surface area contributed by atoms with Gasteiger partial charge in [0.15, 0.2) is 11.5 Å². The Morgan fingerprint density at radius 3 is 2.48 bits per heavy atom. The highest BCUT2D eigenvalue weighted by atomic mass is 16.5. The first kappa shape index (κ1) is 22.1. The van der Waals surface area contributed by atoms with E-state index in [2.05, 4.69) is 15.7 Å². The van der Waals surface area contributed by atoms with Gasteiger partial charge in [-0.15, -0.1) is 0 Å². The Morgan fingerprint density at radius 1 is 1.13 bits per heavy atom. The second-order valence-electron chi connectivity index (χ2n) is 7.23. The van der Waals surface area contributed by atoms with E-state index in [0.717, 1.165) is 0 Å². The number of ether oxygens (including phenoxy) is 2. The minimum atomic E-state index is -0.197. The molecule has 2 heterocycles. The van der Waals surface area contributed by atoms with Crippen LogP contribution in [0.15, 0.2) is 30.6 Å². The summed E-state index contributed by atoms with van der Waals surface area (Å²) in [5.74, 6) is 0.477. The molecule has 3 rings (SSSR count). The van der Waals surface area contributed by atoms with E-state index >= 15 is 0 Å². The highest BCUT2D eigenvalue weighted by Gasteiger charge is 2.28. The first-order chi connectivity index (χ1) is 14.9. The number of piperidine rings is 1. The van der Waals surface area contributed by atoms with E-state index in [4.69, 9.17) is 9.47 Å². The molecule has 31 heavy (non-hydrogen) atoms. The van der Waals surface area contributed by atoms with Crippen LogP contribution in [-0.4, -0.2) is 66.8 Å². The lowest BCUT2D eigenvalue weighted by molar-refractivity contribution is -0.121. The van der Waals surface area contributed by atoms with E-state index in [1.807, 2.05) is 0 Å². The summed E-state index contributed by atoms with van der Waals surface area (Å²) in [7, 11) is 4.62. The first-order valence-electron chi connectivity index (χ1n) is 10.00. The average Bonchev–Trinajstić information content (AvgIpc) is 3.24. The molecule has 0 bridgehead atoms. The number of amides is 3. The van der Waals surface area contributed by atoms with E-state index < -0.39 is 0 Å². The van der Waals surface area contributed by atoms with Crippen LogP contribution in [0.25, 0.3) is 0 Å². The van der Waals surface area contributed by atoms with Crippen LogP contribution in [0.2, 0.25) is 0 Å². The van der Waals surface area contributed by atoms with E-state index in [-0.39, 0.29) is 30.2 Å². The zero-order valence-corrected chi connectivity index (χ0v) is 17.9. The van der Waals surface area contributed by atoms with Gasteiger partial charge >= 0.3 is 0 Å². The molecule has 10 nitrogen and oxygen atoms in total. The molecule has 3 amide bonds. The fraction of sp³-hybridized carbons (Fsp3) is 0.429. The van der Waals surface area contributed by atoms with Crippen molar-refractivity contribution in [3.05, 3.63) is 36.2 Å². The van der Waals surface area contributed by atoms with Crippen molar-refractivity contribution >= 4 is 23.4 Å². The highest BCUT2D eigenvalue weighted by Crippen LogP contribution is 2.29. The number of hydrogen-bond acceptors (Lipinski definition) is 6. The number of nitrogens with one attached hydrogen (secondary N) is 2. The van der Waals surface area contributed by atoms with E-state index in [1.165, 1.54) is 18.0 Å². The maximum atomic E-state index is 12.8. The van der Waals surface area contributed by atoms with Gasteiger partial charge in [-0.1, -0.05) is 0 Å². The smallest absolute Gasteiger partial charge is 0.253 e. The van der Waals surface area contributed by atoms with Gasteiger partial charge in [0.05, 0.1) is 26.1 Å². The Morgan fingerprint density at radius 2 is 1.84 bits per heavy atom. The Bertz CT molecular complexity index is 949. The van der Waals surface area contributed by atoms with Gasteiger partial charge in [0.2, 0.25) is 11.8 Å². The number of rotatable bonds is 7. The third kappa shape index (κ3) is 5.33. The Hall–Kier alpha value is -3.56. The number of likely N-dealkylation sites (tertiary alicyclic amines) is 1. The van der Waals surface area contributed by atoms with Gasteiger partial charge in [0.25, 0.3) is 5.91 Å². The molecule has 0 aliphatic carbocycles. The van der Waals surface area contributed by atoms with Crippen molar-refractivity contribution in [1.82, 2.24) is 20.0 Å². The van der Waals surface area contributed by atoms with Gasteiger partial charge in [0.1, 0.15) is 6.54 Å². The standard InChI is InChI=1S/C21H27N5O5/c1-22-19(27)13-26-12-16(11-23-26)24-20(28)14-6-8-25(9-7-14)21(29)15-4-5-17(30-2)18(10-15)31-3/h4-5,10-12,14H,6-9,13H2,1-3H3,(H,22,27)(H,24,28). The summed E-state index contributed by atoms with van der Waals surface area (Å²) in [4.78, 5) is 38.6. The molecule has 1 saturated heterocycles. The van der Waals surface area contributed by atoms with E-state index in [9.17, 15) is 14.4 Å². The van der Waals surface area contributed by atoms with Crippen molar-refractivity contribution in [3.8, 4) is 11.5 Å². The van der Waals surface area contributed by atoms with Gasteiger partial charge < -0.3 is 25.0 Å². The van der Waals surface area contributed by atoms with Crippen molar-refractivity contribution in [3.63, 3.8) is 0 Å². The zero-order valence-electron chi connectivity index (χ0n) is 17.9. The molecule has 0 spiro atoms. The van der Waals surface area contributed by atoms with Gasteiger partial charge in [-0.3, -0.25) is 19.1 Å². The molecule has 0 radical (unpaired) electrons. The predicted molar refractivity (Wildman–Crippen MR) is 113 cm³/mol. The van der Waals surface area contributed by atoms with Crippen molar-refractivity contribution < 1.29 is 23.9 Å². The molecule has 0 saturated carbocycles. The average molecular weight is 429 g/mol. The second-order valence-corrected chi connectivity index (χ2v) is 7.23. The fourth-order valence-corrected chi connectivity index (χ4v) is 3.48. The third-order valence-corrected chi connectivity index (χ3v) is 5.27. The lowest BCUT2D eigenvalue weighted by atomic mass is 9.95. The minimum Gasteiger partial charge on any atom is -0.493 e. The van der Waals surface area contributed by atoms with E-state index in [1.54, 1.807) is 43.5 Å². The number of benzene rings is 1. The van der Waals surface area contributed by atoms with Crippen molar-refractivity contribution in [1.29, 1.82) is 0 Å². The lowest BCUT2D eigenvalue weighted by Gasteiger charge is -2.31. The summed E-state index contributed by atoms with van der Waals surface area (Å²) >= 11 is 0. The van der Waals surface area contributed by atoms with Gasteiger partial charge in [-0.05, 0) is 31.0 Å². The summed E-state index contributed by atoms with van der Waals surface area (Å²) in [6.07, 6.45) is 4.26. The Kier molecular flexibility index (Phi) is 7.11. The normalized spacial score (nSPS) is 14.1. The van der Waals surface area contributed by atoms with Crippen LogP contribution in [0.4, 0.5) is 5.69 Å². The van der Waals surface area contributed by atoms with Crippen LogP contribution in [0.1, 0.15) is 23.2 Å². The molecule has 1 aliphatic rings. The molecule has 166 valence electrons. The topological polar surface area (TPSA) is 115 Å². The van der Waals surface area contributed by atoms with Crippen LogP contribution in [0.5, 0.6) is 11.5 Å². The number of anilines is 1. The van der Waals surface area contributed by atoms with Crippen LogP contribution < -0.4 is 20.1 Å². The Balaban J connectivity index is 1.53. The molecule has 1 aromatic heterocycles. The molecule has 10 heteroatoms. The number of carbonyl (C=O) groups excluding carboxylic acids is 3. The number of nitrogens with zero attached hydrogens (tertiary/aromatic N) is 3. The molecule has 1 aromatic carbocycles. The first-order valence-corrected chi connectivity index (χ1v) is 10.00. The SMILES string of the molecule is CNC(=O)Cn1cc(NC(=O)C2CCN(C(=O)c3ccc(OC)c(OC)c3)CC2)cn1. The lowest BCUT2D eigenvalue weighted by Crippen LogP contribution is -2.41. The van der Waals surface area contributed by atoms with Gasteiger partial charge in [-0.2, -0.15) is 5.10 Å². The molecule has 1 fully saturated rings. The number of methoxy groups -OCH3 is 2. The van der Waals surface area contributed by atoms with Crippen molar-refractivity contribution in [2.24, 2.45) is 5.92 Å². The van der Waals surface area contributed by atoms with Crippen LogP contribution >= 0.6 is 0 Å². The fourth-order valence-electron chi connectivity index (χ4n) is 3.48. The predicted octanol–water partition coefficient (Wildman–Crippen LogP) is 1.14. The Labute approximate surface area is 180 Å². The summed E-state index contributed by atoms with van der Waals surface area (Å²) in [6, 6.07) is 5.08. The molecule has 2 aromatic rings. The zero-order chi connectivity index (χ0) is 22.4. The number of hydrogen-bond donors (Lipinski definition) is 2. The summed E-state index contributed by atoms with van der Waals surface area (Å²) in [5.41, 5.74) is 1.06. The molecule has 2 N–H and O–H groups in total. The maximum Gasteiger partial charge on any atom is 0.253 e. The summed E-state index contributed by atoms with van der Waals surface area (Å²) < 4.78 is 11.9. The quantitative estimate of drug-likeness (QED) is 0.682. The van der Waals surface area contributed by atoms with Gasteiger partial charge in [0, 0.05) is 37.8 Å². The van der Waals surface area contributed by atoms with Crippen LogP contribution in [-0.2, 0) is 16.1 Å². The highest BCUT2D eigenvalue weighted by molar-refractivity contribution is 5.96. The number of likely N-dealkylation sites (N-methyl/N-ethyl adjacent to an activating group) is 1. The van der Waals surface area contributed by atoms with Crippen LogP contribution in [0.3, 0.4) is 0 Å². The number of carbonyl (C=O) groups is 3. The second kappa shape index (κ2) is 9.96. The molecule has 0 atom stereocenters. The van der Waals surface area contributed by atoms with Crippen molar-refractivity contribution in [2.45, 2.75) is 19.4 Å². The van der Waals surface area contributed by atoms with E-state index in [0.29, 0.717) is 48.7 Å². The molecular formula is C21H27N5O5. The van der Waals surface area contributed by atoms with Gasteiger partial charge in [-0.25, -0.2) is 0 Å². The van der Waals surface area contributed by atoms with Crippen molar-refractivity contribution in [2.75, 3.05) is 39.7 Å². The number of aromatic nitrogens is 2. The summed E-state index contributed by atoms with van der Waals surface area (Å²) in [6.45, 7) is 1.06. The molecule has 1 aliphatic heterocycles. The largest absolute Gasteiger partial charge is 0.493 e. The summed E-state index contributed by atoms with van der Waals surface area (Å²) in [5, 5.41) is 9.43.